The van der Waals surface area contributed by atoms with Crippen molar-refractivity contribution in [2.24, 2.45) is 0 Å². The molecule has 0 saturated carbocycles. The van der Waals surface area contributed by atoms with Gasteiger partial charge in [-0.1, -0.05) is 48.5 Å². The van der Waals surface area contributed by atoms with Gasteiger partial charge in [0.25, 0.3) is 0 Å². The molecule has 2 fully saturated rings. The molecule has 4 N–H and O–H groups in total. The lowest BCUT2D eigenvalue weighted by molar-refractivity contribution is 0.564. The van der Waals surface area contributed by atoms with Crippen LogP contribution in [-0.4, -0.2) is 32.0 Å². The summed E-state index contributed by atoms with van der Waals surface area (Å²) in [7, 11) is 0. The number of aromatic amines is 2. The van der Waals surface area contributed by atoms with E-state index < -0.39 is 0 Å². The lowest BCUT2D eigenvalue weighted by atomic mass is 9.98. The lowest BCUT2D eigenvalue weighted by Crippen LogP contribution is -2.21. The third-order valence-electron chi connectivity index (χ3n) is 8.28. The first-order valence-electron chi connectivity index (χ1n) is 13.9. The number of rotatable bonds is 5. The van der Waals surface area contributed by atoms with Crippen molar-refractivity contribution < 1.29 is 0 Å². The summed E-state index contributed by atoms with van der Waals surface area (Å²) in [5, 5.41) is 9.68. The van der Waals surface area contributed by atoms with E-state index in [2.05, 4.69) is 105 Å². The molecule has 2 aromatic heterocycles. The van der Waals surface area contributed by atoms with Crippen LogP contribution in [0, 0.1) is 0 Å². The molecule has 192 valence electrons. The molecule has 7 rings (SSSR count). The zero-order chi connectivity index (χ0) is 25.6. The van der Waals surface area contributed by atoms with Gasteiger partial charge in [-0.2, -0.15) is 0 Å². The molecule has 6 nitrogen and oxygen atoms in total. The van der Waals surface area contributed by atoms with E-state index in [1.807, 2.05) is 12.4 Å². The third kappa shape index (κ3) is 4.44. The van der Waals surface area contributed by atoms with Crippen molar-refractivity contribution in [3.8, 4) is 33.6 Å². The van der Waals surface area contributed by atoms with Gasteiger partial charge in [0.1, 0.15) is 11.6 Å². The quantitative estimate of drug-likeness (QED) is 0.210. The first-order chi connectivity index (χ1) is 18.6. The van der Waals surface area contributed by atoms with Gasteiger partial charge in [0, 0.05) is 17.6 Å². The fourth-order valence-corrected chi connectivity index (χ4v) is 6.04. The van der Waals surface area contributed by atoms with Crippen LogP contribution in [0.2, 0.25) is 0 Å². The van der Waals surface area contributed by atoms with Crippen molar-refractivity contribution in [3.63, 3.8) is 0 Å². The van der Waals surface area contributed by atoms with Crippen LogP contribution in [0.1, 0.15) is 63.3 Å². The minimum absolute atomic E-state index is 0.330. The van der Waals surface area contributed by atoms with Gasteiger partial charge in [-0.15, -0.1) is 0 Å². The number of hydrogen-bond donors (Lipinski definition) is 4. The normalized spacial score (nSPS) is 23.4. The Hall–Kier alpha value is -3.74. The van der Waals surface area contributed by atoms with Crippen molar-refractivity contribution >= 4 is 10.8 Å². The highest BCUT2D eigenvalue weighted by atomic mass is 15.1. The first kappa shape index (κ1) is 23.4. The molecule has 3 aromatic carbocycles. The average molecular weight is 503 g/mol. The van der Waals surface area contributed by atoms with Crippen molar-refractivity contribution in [1.82, 2.24) is 30.6 Å². The Labute approximate surface area is 223 Å². The van der Waals surface area contributed by atoms with E-state index >= 15 is 0 Å². The number of nitrogens with one attached hydrogen (secondary N) is 4. The highest BCUT2D eigenvalue weighted by Crippen LogP contribution is 2.32. The number of aromatic nitrogens is 4. The minimum atomic E-state index is 0.330. The summed E-state index contributed by atoms with van der Waals surface area (Å²) in [6.45, 7) is 4.47. The van der Waals surface area contributed by atoms with Crippen LogP contribution in [0.5, 0.6) is 0 Å². The molecule has 0 spiro atoms. The maximum atomic E-state index is 4.67. The van der Waals surface area contributed by atoms with Crippen LogP contribution in [0.4, 0.5) is 0 Å². The van der Waals surface area contributed by atoms with Gasteiger partial charge in [-0.25, -0.2) is 9.97 Å². The van der Waals surface area contributed by atoms with E-state index in [-0.39, 0.29) is 0 Å². The smallest absolute Gasteiger partial charge is 0.123 e. The Morgan fingerprint density at radius 3 is 1.58 bits per heavy atom. The Morgan fingerprint density at radius 1 is 0.553 bits per heavy atom. The molecule has 4 atom stereocenters. The van der Waals surface area contributed by atoms with Crippen molar-refractivity contribution in [3.05, 3.63) is 84.7 Å². The maximum absolute atomic E-state index is 4.67. The minimum Gasteiger partial charge on any atom is -0.341 e. The Morgan fingerprint density at radius 2 is 1.03 bits per heavy atom. The molecule has 0 aliphatic carbocycles. The van der Waals surface area contributed by atoms with Crippen LogP contribution >= 0.6 is 0 Å². The molecule has 2 aliphatic rings. The monoisotopic (exact) mass is 502 g/mol. The van der Waals surface area contributed by atoms with E-state index in [0.717, 1.165) is 41.4 Å². The molecule has 2 saturated heterocycles. The molecule has 38 heavy (non-hydrogen) atoms. The van der Waals surface area contributed by atoms with E-state index in [0.29, 0.717) is 24.2 Å². The number of H-pyrrole nitrogens is 2. The Balaban J connectivity index is 1.09. The zero-order valence-corrected chi connectivity index (χ0v) is 22.0. The molecule has 4 heterocycles. The van der Waals surface area contributed by atoms with Gasteiger partial charge in [0.05, 0.1) is 35.9 Å². The van der Waals surface area contributed by atoms with E-state index in [9.17, 15) is 0 Å². The van der Waals surface area contributed by atoms with E-state index in [1.165, 1.54) is 40.3 Å². The molecule has 6 heteroatoms. The van der Waals surface area contributed by atoms with Gasteiger partial charge in [0.15, 0.2) is 0 Å². The van der Waals surface area contributed by atoms with Crippen molar-refractivity contribution in [1.29, 1.82) is 0 Å². The van der Waals surface area contributed by atoms with Crippen LogP contribution in [0.3, 0.4) is 0 Å². The van der Waals surface area contributed by atoms with Gasteiger partial charge >= 0.3 is 0 Å². The van der Waals surface area contributed by atoms with Gasteiger partial charge in [0.2, 0.25) is 0 Å². The van der Waals surface area contributed by atoms with Gasteiger partial charge < -0.3 is 20.6 Å². The fourth-order valence-electron chi connectivity index (χ4n) is 6.04. The molecule has 0 bridgehead atoms. The molecule has 2 aliphatic heterocycles. The highest BCUT2D eigenvalue weighted by molar-refractivity contribution is 5.90. The summed E-state index contributed by atoms with van der Waals surface area (Å²) in [5.41, 5.74) is 6.90. The average Bonchev–Trinajstić information content (AvgIpc) is 3.75. The number of fused-ring (bicyclic) bond motifs is 1. The van der Waals surface area contributed by atoms with Crippen LogP contribution in [-0.2, 0) is 0 Å². The number of nitrogens with zero attached hydrogens (tertiary/aromatic N) is 2. The molecular formula is C32H34N6. The molecular weight excluding hydrogens is 468 g/mol. The molecule has 0 amide bonds. The maximum Gasteiger partial charge on any atom is 0.123 e. The van der Waals surface area contributed by atoms with Crippen molar-refractivity contribution in [2.45, 2.75) is 63.7 Å². The molecule has 5 aromatic rings. The molecule has 0 unspecified atom stereocenters. The standard InChI is InChI=1S/C32H34N6/c1-19-3-13-27(35-19)31-33-17-29(37-31)22-7-5-21(6-8-22)23-9-10-25-16-26(12-11-24(25)15-23)30-18-34-32(38-30)28-14-4-20(2)36-28/h5-12,15-20,27-28,35-36H,3-4,13-14H2,1-2H3,(H,33,37)(H,34,38)/t19-,20-,27-,28-/m0/s1. The van der Waals surface area contributed by atoms with E-state index in [1.54, 1.807) is 0 Å². The summed E-state index contributed by atoms with van der Waals surface area (Å²) >= 11 is 0. The number of hydrogen-bond acceptors (Lipinski definition) is 4. The van der Waals surface area contributed by atoms with Crippen LogP contribution in [0.25, 0.3) is 44.4 Å². The lowest BCUT2D eigenvalue weighted by Gasteiger charge is -2.09. The fraction of sp³-hybridized carbons (Fsp3) is 0.312. The number of imidazole rings is 2. The third-order valence-corrected chi connectivity index (χ3v) is 8.28. The number of benzene rings is 3. The summed E-state index contributed by atoms with van der Waals surface area (Å²) in [6, 6.07) is 23.9. The van der Waals surface area contributed by atoms with Gasteiger partial charge in [-0.05, 0) is 79.1 Å². The topological polar surface area (TPSA) is 81.4 Å². The summed E-state index contributed by atoms with van der Waals surface area (Å²) < 4.78 is 0. The summed E-state index contributed by atoms with van der Waals surface area (Å²) in [4.78, 5) is 16.4. The molecule has 0 radical (unpaired) electrons. The van der Waals surface area contributed by atoms with Crippen LogP contribution in [0.15, 0.2) is 73.1 Å². The van der Waals surface area contributed by atoms with Gasteiger partial charge in [-0.3, -0.25) is 0 Å². The van der Waals surface area contributed by atoms with Crippen LogP contribution < -0.4 is 10.6 Å². The van der Waals surface area contributed by atoms with E-state index in [4.69, 9.17) is 0 Å². The second kappa shape index (κ2) is 9.53. The Kier molecular flexibility index (Phi) is 5.87. The predicted molar refractivity (Wildman–Crippen MR) is 154 cm³/mol. The summed E-state index contributed by atoms with van der Waals surface area (Å²) in [5.74, 6) is 2.08. The second-order valence-electron chi connectivity index (χ2n) is 11.1. The first-order valence-corrected chi connectivity index (χ1v) is 13.9. The summed E-state index contributed by atoms with van der Waals surface area (Å²) in [6.07, 6.45) is 8.58. The highest BCUT2D eigenvalue weighted by Gasteiger charge is 2.25. The predicted octanol–water partition coefficient (Wildman–Crippen LogP) is 6.91. The zero-order valence-electron chi connectivity index (χ0n) is 22.0. The largest absolute Gasteiger partial charge is 0.341 e. The van der Waals surface area contributed by atoms with Crippen molar-refractivity contribution in [2.75, 3.05) is 0 Å². The SMILES string of the molecule is C[C@H]1CC[C@@H](c2ncc(-c3ccc(-c4ccc5cc(-c6cnc([C@@H]7CC[C@H](C)N7)[nH]6)ccc5c4)cc3)[nH]2)N1. The second-order valence-corrected chi connectivity index (χ2v) is 11.1. The Bertz CT molecular complexity index is 1580.